The van der Waals surface area contributed by atoms with Crippen molar-refractivity contribution in [1.29, 1.82) is 0 Å². The van der Waals surface area contributed by atoms with Crippen LogP contribution in [-0.4, -0.2) is 84.4 Å². The fourth-order valence-electron chi connectivity index (χ4n) is 3.87. The fraction of sp³-hybridized carbons (Fsp3) is 0.810. The van der Waals surface area contributed by atoms with Gasteiger partial charge in [-0.15, -0.1) is 0 Å². The predicted molar refractivity (Wildman–Crippen MR) is 111 cm³/mol. The van der Waals surface area contributed by atoms with Crippen molar-refractivity contribution in [3.63, 3.8) is 0 Å². The zero-order valence-corrected chi connectivity index (χ0v) is 19.7. The summed E-state index contributed by atoms with van der Waals surface area (Å²) in [5, 5.41) is 2.71. The largest absolute Gasteiger partial charge is 0.467 e. The quantitative estimate of drug-likeness (QED) is 0.654. The highest BCUT2D eigenvalue weighted by molar-refractivity contribution is 5.93. The average molecular weight is 442 g/mol. The lowest BCUT2D eigenvalue weighted by molar-refractivity contribution is -0.160. The molecule has 2 aliphatic rings. The number of nitrogens with zero attached hydrogens (tertiary/aromatic N) is 2. The summed E-state index contributed by atoms with van der Waals surface area (Å²) >= 11 is 0. The van der Waals surface area contributed by atoms with E-state index in [1.807, 2.05) is 13.8 Å². The highest BCUT2D eigenvalue weighted by atomic mass is 16.6. The van der Waals surface area contributed by atoms with Crippen molar-refractivity contribution in [2.24, 2.45) is 5.41 Å². The van der Waals surface area contributed by atoms with Crippen molar-refractivity contribution in [2.75, 3.05) is 20.8 Å². The van der Waals surface area contributed by atoms with Crippen LogP contribution in [0.25, 0.3) is 0 Å². The molecule has 176 valence electrons. The van der Waals surface area contributed by atoms with Gasteiger partial charge < -0.3 is 24.4 Å². The van der Waals surface area contributed by atoms with E-state index in [4.69, 9.17) is 14.2 Å². The first-order chi connectivity index (χ1) is 14.2. The lowest BCUT2D eigenvalue weighted by atomic mass is 9.84. The fourth-order valence-corrected chi connectivity index (χ4v) is 3.87. The van der Waals surface area contributed by atoms with E-state index in [1.54, 1.807) is 27.7 Å². The Balaban J connectivity index is 2.14. The van der Waals surface area contributed by atoms with E-state index >= 15 is 0 Å². The Morgan fingerprint density at radius 3 is 2.45 bits per heavy atom. The van der Waals surface area contributed by atoms with Crippen molar-refractivity contribution in [3.05, 3.63) is 0 Å². The minimum absolute atomic E-state index is 0.248. The van der Waals surface area contributed by atoms with Crippen LogP contribution >= 0.6 is 0 Å². The van der Waals surface area contributed by atoms with E-state index in [2.05, 4.69) is 5.32 Å². The summed E-state index contributed by atoms with van der Waals surface area (Å²) in [5.74, 6) is -1.42. The highest BCUT2D eigenvalue weighted by Crippen LogP contribution is 2.42. The van der Waals surface area contributed by atoms with E-state index in [-0.39, 0.29) is 13.0 Å². The van der Waals surface area contributed by atoms with E-state index in [1.165, 1.54) is 24.0 Å². The van der Waals surface area contributed by atoms with Gasteiger partial charge in [-0.25, -0.2) is 9.59 Å². The van der Waals surface area contributed by atoms with Gasteiger partial charge in [-0.05, 0) is 27.7 Å². The lowest BCUT2D eigenvalue weighted by Gasteiger charge is -2.33. The molecule has 2 saturated heterocycles. The summed E-state index contributed by atoms with van der Waals surface area (Å²) in [6.07, 6.45) is -0.459. The highest BCUT2D eigenvalue weighted by Gasteiger charge is 2.55. The van der Waals surface area contributed by atoms with E-state index in [0.29, 0.717) is 6.42 Å². The molecule has 2 aliphatic heterocycles. The van der Waals surface area contributed by atoms with Gasteiger partial charge in [0.05, 0.1) is 13.7 Å². The minimum atomic E-state index is -0.881. The standard InChI is InChI=1S/C21H35N3O7/c1-12(23(7)19(28)31-20(2,3)4)16(25)22-13-9-10-30-14-11-21(5,6)15(18(27)29-8)24(14)17(13)26/h12-15H,9-11H2,1-8H3,(H,22,25)/t12-,13-,14-,15+/m0/s1. The third kappa shape index (κ3) is 5.47. The van der Waals surface area contributed by atoms with Crippen molar-refractivity contribution in [3.8, 4) is 0 Å². The van der Waals surface area contributed by atoms with Crippen LogP contribution in [0.15, 0.2) is 0 Å². The molecular formula is C21H35N3O7. The Morgan fingerprint density at radius 2 is 1.90 bits per heavy atom. The summed E-state index contributed by atoms with van der Waals surface area (Å²) in [6, 6.07) is -2.56. The zero-order valence-electron chi connectivity index (χ0n) is 19.7. The number of nitrogens with one attached hydrogen (secondary N) is 1. The topological polar surface area (TPSA) is 114 Å². The molecule has 4 atom stereocenters. The molecule has 10 heteroatoms. The van der Waals surface area contributed by atoms with Gasteiger partial charge in [0.25, 0.3) is 0 Å². The van der Waals surface area contributed by atoms with Gasteiger partial charge in [0, 0.05) is 25.3 Å². The van der Waals surface area contributed by atoms with Crippen LogP contribution in [0, 0.1) is 5.41 Å². The van der Waals surface area contributed by atoms with Gasteiger partial charge in [0.2, 0.25) is 11.8 Å². The van der Waals surface area contributed by atoms with Crippen LogP contribution in [-0.2, 0) is 28.6 Å². The third-order valence-corrected chi connectivity index (χ3v) is 5.68. The second-order valence-electron chi connectivity index (χ2n) is 9.81. The molecule has 0 aromatic carbocycles. The Kier molecular flexibility index (Phi) is 7.24. The molecule has 31 heavy (non-hydrogen) atoms. The van der Waals surface area contributed by atoms with Gasteiger partial charge in [0.15, 0.2) is 0 Å². The van der Waals surface area contributed by atoms with Gasteiger partial charge in [-0.1, -0.05) is 13.8 Å². The Hall–Kier alpha value is -2.36. The Morgan fingerprint density at radius 1 is 1.29 bits per heavy atom. The van der Waals surface area contributed by atoms with Crippen LogP contribution < -0.4 is 5.32 Å². The maximum Gasteiger partial charge on any atom is 0.410 e. The molecule has 2 rings (SSSR count). The van der Waals surface area contributed by atoms with Crippen LogP contribution in [0.1, 0.15) is 54.4 Å². The van der Waals surface area contributed by atoms with Gasteiger partial charge in [0.1, 0.15) is 30.0 Å². The summed E-state index contributed by atoms with van der Waals surface area (Å²) in [6.45, 7) is 10.8. The molecule has 0 aromatic heterocycles. The molecule has 10 nitrogen and oxygen atoms in total. The zero-order chi connectivity index (χ0) is 23.7. The van der Waals surface area contributed by atoms with Crippen molar-refractivity contribution >= 4 is 23.9 Å². The molecule has 0 unspecified atom stereocenters. The summed E-state index contributed by atoms with van der Waals surface area (Å²) in [7, 11) is 2.74. The molecule has 2 heterocycles. The number of ether oxygens (including phenoxy) is 3. The number of methoxy groups -OCH3 is 1. The average Bonchev–Trinajstić information content (AvgIpc) is 2.84. The predicted octanol–water partition coefficient (Wildman–Crippen LogP) is 1.27. The van der Waals surface area contributed by atoms with Crippen molar-refractivity contribution in [1.82, 2.24) is 15.1 Å². The number of esters is 1. The van der Waals surface area contributed by atoms with Crippen LogP contribution in [0.3, 0.4) is 0 Å². The molecular weight excluding hydrogens is 406 g/mol. The van der Waals surface area contributed by atoms with E-state index in [0.717, 1.165) is 0 Å². The molecule has 0 saturated carbocycles. The number of carbonyl (C=O) groups excluding carboxylic acids is 4. The van der Waals surface area contributed by atoms with E-state index in [9.17, 15) is 19.2 Å². The number of likely N-dealkylation sites (N-methyl/N-ethyl adjacent to an activating group) is 1. The van der Waals surface area contributed by atoms with Gasteiger partial charge >= 0.3 is 12.1 Å². The Bertz CT molecular complexity index is 731. The molecule has 0 radical (unpaired) electrons. The second kappa shape index (κ2) is 9.02. The molecule has 0 aliphatic carbocycles. The van der Waals surface area contributed by atoms with Gasteiger partial charge in [-0.3, -0.25) is 14.5 Å². The van der Waals surface area contributed by atoms with Crippen molar-refractivity contribution in [2.45, 2.75) is 84.3 Å². The molecule has 2 fully saturated rings. The number of carbonyl (C=O) groups is 4. The van der Waals surface area contributed by atoms with Crippen LogP contribution in [0.5, 0.6) is 0 Å². The second-order valence-corrected chi connectivity index (χ2v) is 9.81. The maximum atomic E-state index is 13.3. The van der Waals surface area contributed by atoms with Gasteiger partial charge in [-0.2, -0.15) is 0 Å². The minimum Gasteiger partial charge on any atom is -0.467 e. The van der Waals surface area contributed by atoms with E-state index < -0.39 is 59.2 Å². The first kappa shape index (κ1) is 24.9. The van der Waals surface area contributed by atoms with Crippen LogP contribution in [0.2, 0.25) is 0 Å². The summed E-state index contributed by atoms with van der Waals surface area (Å²) < 4.78 is 16.1. The summed E-state index contributed by atoms with van der Waals surface area (Å²) in [5.41, 5.74) is -1.24. The molecule has 1 N–H and O–H groups in total. The number of fused-ring (bicyclic) bond motifs is 1. The number of amides is 3. The maximum absolute atomic E-state index is 13.3. The monoisotopic (exact) mass is 441 g/mol. The van der Waals surface area contributed by atoms with Crippen molar-refractivity contribution < 1.29 is 33.4 Å². The molecule has 0 bridgehead atoms. The number of hydrogen-bond donors (Lipinski definition) is 1. The smallest absolute Gasteiger partial charge is 0.410 e. The first-order valence-corrected chi connectivity index (χ1v) is 10.5. The molecule has 3 amide bonds. The van der Waals surface area contributed by atoms with Crippen LogP contribution in [0.4, 0.5) is 4.79 Å². The molecule has 0 spiro atoms. The third-order valence-electron chi connectivity index (χ3n) is 5.68. The molecule has 0 aromatic rings. The normalized spacial score (nSPS) is 26.4. The Labute approximate surface area is 183 Å². The summed E-state index contributed by atoms with van der Waals surface area (Å²) in [4.78, 5) is 53.4. The SMILES string of the molecule is COC(=O)[C@H]1N2C(=O)[C@@H](NC(=O)[C@H](C)N(C)C(=O)OC(C)(C)C)CCO[C@H]2CC1(C)C. The lowest BCUT2D eigenvalue weighted by Crippen LogP contribution is -2.57. The first-order valence-electron chi connectivity index (χ1n) is 10.5. The number of hydrogen-bond acceptors (Lipinski definition) is 7. The number of rotatable bonds is 4.